The predicted octanol–water partition coefficient (Wildman–Crippen LogP) is 4.20. The summed E-state index contributed by atoms with van der Waals surface area (Å²) in [4.78, 5) is 18.2. The molecule has 0 spiro atoms. The van der Waals surface area contributed by atoms with Crippen molar-refractivity contribution in [2.75, 3.05) is 32.2 Å². The summed E-state index contributed by atoms with van der Waals surface area (Å²) in [5, 5.41) is 0.713. The van der Waals surface area contributed by atoms with Crippen molar-refractivity contribution in [3.8, 4) is 5.75 Å². The van der Waals surface area contributed by atoms with E-state index < -0.39 is 18.6 Å². The van der Waals surface area contributed by atoms with E-state index in [4.69, 9.17) is 9.47 Å². The van der Waals surface area contributed by atoms with Crippen molar-refractivity contribution in [3.63, 3.8) is 0 Å². The van der Waals surface area contributed by atoms with Gasteiger partial charge in [-0.15, -0.1) is 0 Å². The smallest absolute Gasteiger partial charge is 0.389 e. The van der Waals surface area contributed by atoms with Gasteiger partial charge >= 0.3 is 12.1 Å². The number of benzene rings is 1. The average Bonchev–Trinajstić information content (AvgIpc) is 2.65. The van der Waals surface area contributed by atoms with Gasteiger partial charge < -0.3 is 14.4 Å². The molecule has 0 radical (unpaired) electrons. The lowest BCUT2D eigenvalue weighted by molar-refractivity contribution is -0.145. The van der Waals surface area contributed by atoms with Crippen molar-refractivity contribution in [1.29, 1.82) is 0 Å². The molecule has 2 aromatic rings. The summed E-state index contributed by atoms with van der Waals surface area (Å²) in [6, 6.07) is 5.28. The zero-order valence-electron chi connectivity index (χ0n) is 15.2. The molecule has 0 amide bonds. The first-order valence-electron chi connectivity index (χ1n) is 8.68. The van der Waals surface area contributed by atoms with Crippen LogP contribution in [-0.2, 0) is 4.74 Å². The fourth-order valence-electron chi connectivity index (χ4n) is 3.50. The quantitative estimate of drug-likeness (QED) is 0.742. The standard InChI is InChI=1S/C19H21F3N2O3/c1-26-15-8-13-7-14(18(25)27-2)11-23-17(13)16(9-15)24-5-3-12(4-6-24)10-19(20,21)22/h7-9,11-12H,3-6,10H2,1-2H3. The van der Waals surface area contributed by atoms with Crippen LogP contribution in [-0.4, -0.2) is 44.4 Å². The Kier molecular flexibility index (Phi) is 5.43. The second-order valence-electron chi connectivity index (χ2n) is 6.68. The van der Waals surface area contributed by atoms with Gasteiger partial charge in [0.25, 0.3) is 0 Å². The molecule has 1 aromatic carbocycles. The number of alkyl halides is 3. The summed E-state index contributed by atoms with van der Waals surface area (Å²) >= 11 is 0. The Hall–Kier alpha value is -2.51. The van der Waals surface area contributed by atoms with E-state index in [1.165, 1.54) is 20.4 Å². The van der Waals surface area contributed by atoms with Gasteiger partial charge in [0.15, 0.2) is 0 Å². The van der Waals surface area contributed by atoms with Gasteiger partial charge in [0.05, 0.1) is 31.0 Å². The van der Waals surface area contributed by atoms with Gasteiger partial charge in [-0.1, -0.05) is 0 Å². The maximum atomic E-state index is 12.6. The number of hydrogen-bond acceptors (Lipinski definition) is 5. The third kappa shape index (κ3) is 4.43. The highest BCUT2D eigenvalue weighted by atomic mass is 19.4. The van der Waals surface area contributed by atoms with Crippen LogP contribution >= 0.6 is 0 Å². The van der Waals surface area contributed by atoms with Crippen molar-refractivity contribution in [1.82, 2.24) is 4.98 Å². The normalized spacial score (nSPS) is 15.8. The van der Waals surface area contributed by atoms with Crippen LogP contribution in [0.25, 0.3) is 10.9 Å². The molecule has 2 heterocycles. The number of piperidine rings is 1. The van der Waals surface area contributed by atoms with Crippen LogP contribution in [0.2, 0.25) is 0 Å². The lowest BCUT2D eigenvalue weighted by Gasteiger charge is -2.34. The lowest BCUT2D eigenvalue weighted by Crippen LogP contribution is -2.35. The van der Waals surface area contributed by atoms with E-state index in [0.717, 1.165) is 5.69 Å². The Bertz CT molecular complexity index is 831. The molecule has 8 heteroatoms. The van der Waals surface area contributed by atoms with Crippen LogP contribution < -0.4 is 9.64 Å². The van der Waals surface area contributed by atoms with E-state index in [9.17, 15) is 18.0 Å². The molecule has 1 aromatic heterocycles. The topological polar surface area (TPSA) is 51.7 Å². The number of pyridine rings is 1. The van der Waals surface area contributed by atoms with Crippen LogP contribution in [0, 0.1) is 5.92 Å². The summed E-state index contributed by atoms with van der Waals surface area (Å²) in [6.45, 7) is 1.03. The number of rotatable bonds is 4. The number of aromatic nitrogens is 1. The van der Waals surface area contributed by atoms with Crippen molar-refractivity contribution < 1.29 is 27.4 Å². The lowest BCUT2D eigenvalue weighted by atomic mass is 9.93. The molecule has 5 nitrogen and oxygen atoms in total. The average molecular weight is 382 g/mol. The van der Waals surface area contributed by atoms with E-state index >= 15 is 0 Å². The Morgan fingerprint density at radius 3 is 2.52 bits per heavy atom. The Labute approximate surface area is 155 Å². The van der Waals surface area contributed by atoms with Crippen molar-refractivity contribution in [2.24, 2.45) is 5.92 Å². The maximum absolute atomic E-state index is 12.6. The van der Waals surface area contributed by atoms with Gasteiger partial charge in [0.2, 0.25) is 0 Å². The van der Waals surface area contributed by atoms with Crippen LogP contribution in [0.5, 0.6) is 5.75 Å². The Balaban J connectivity index is 1.89. The molecule has 146 valence electrons. The molecular formula is C19H21F3N2O3. The second-order valence-corrected chi connectivity index (χ2v) is 6.68. The number of esters is 1. The zero-order valence-corrected chi connectivity index (χ0v) is 15.2. The minimum Gasteiger partial charge on any atom is -0.497 e. The van der Waals surface area contributed by atoms with Gasteiger partial charge in [-0.3, -0.25) is 4.98 Å². The molecule has 0 N–H and O–H groups in total. The molecule has 1 fully saturated rings. The van der Waals surface area contributed by atoms with Crippen molar-refractivity contribution >= 4 is 22.6 Å². The minimum atomic E-state index is -4.12. The highest BCUT2D eigenvalue weighted by molar-refractivity contribution is 5.98. The molecule has 3 rings (SSSR count). The molecule has 0 aliphatic carbocycles. The first-order valence-corrected chi connectivity index (χ1v) is 8.68. The van der Waals surface area contributed by atoms with Gasteiger partial charge in [-0.2, -0.15) is 13.2 Å². The third-order valence-corrected chi connectivity index (χ3v) is 4.87. The van der Waals surface area contributed by atoms with Crippen LogP contribution in [0.3, 0.4) is 0 Å². The highest BCUT2D eigenvalue weighted by Crippen LogP contribution is 2.36. The highest BCUT2D eigenvalue weighted by Gasteiger charge is 2.33. The molecule has 1 saturated heterocycles. The molecule has 0 saturated carbocycles. The van der Waals surface area contributed by atoms with Crippen LogP contribution in [0.15, 0.2) is 24.4 Å². The first kappa shape index (κ1) is 19.3. The second kappa shape index (κ2) is 7.62. The number of nitrogens with zero attached hydrogens (tertiary/aromatic N) is 2. The molecular weight excluding hydrogens is 361 g/mol. The number of fused-ring (bicyclic) bond motifs is 1. The van der Waals surface area contributed by atoms with Gasteiger partial charge in [0, 0.05) is 37.2 Å². The number of ether oxygens (including phenoxy) is 2. The van der Waals surface area contributed by atoms with E-state index in [-0.39, 0.29) is 5.92 Å². The van der Waals surface area contributed by atoms with E-state index in [1.54, 1.807) is 12.1 Å². The number of methoxy groups -OCH3 is 2. The number of hydrogen-bond donors (Lipinski definition) is 0. The maximum Gasteiger partial charge on any atom is 0.389 e. The largest absolute Gasteiger partial charge is 0.497 e. The SMILES string of the molecule is COC(=O)c1cnc2c(N3CCC(CC(F)(F)F)CC3)cc(OC)cc2c1. The Morgan fingerprint density at radius 2 is 1.93 bits per heavy atom. The first-order chi connectivity index (χ1) is 12.8. The minimum absolute atomic E-state index is 0.327. The summed E-state index contributed by atoms with van der Waals surface area (Å²) in [5.41, 5.74) is 1.80. The van der Waals surface area contributed by atoms with Crippen molar-refractivity contribution in [3.05, 3.63) is 30.0 Å². The van der Waals surface area contributed by atoms with Crippen molar-refractivity contribution in [2.45, 2.75) is 25.4 Å². The molecule has 0 bridgehead atoms. The van der Waals surface area contributed by atoms with Crippen LogP contribution in [0.4, 0.5) is 18.9 Å². The molecule has 27 heavy (non-hydrogen) atoms. The molecule has 0 atom stereocenters. The van der Waals surface area contributed by atoms with Gasteiger partial charge in [-0.25, -0.2) is 4.79 Å². The predicted molar refractivity (Wildman–Crippen MR) is 95.2 cm³/mol. The summed E-state index contributed by atoms with van der Waals surface area (Å²) in [6.07, 6.45) is -2.47. The number of halogens is 3. The number of carbonyl (C=O) groups is 1. The molecule has 0 unspecified atom stereocenters. The summed E-state index contributed by atoms with van der Waals surface area (Å²) < 4.78 is 47.9. The van der Waals surface area contributed by atoms with Gasteiger partial charge in [-0.05, 0) is 30.9 Å². The fraction of sp³-hybridized carbons (Fsp3) is 0.474. The van der Waals surface area contributed by atoms with E-state index in [0.29, 0.717) is 48.1 Å². The van der Waals surface area contributed by atoms with Crippen LogP contribution in [0.1, 0.15) is 29.6 Å². The van der Waals surface area contributed by atoms with E-state index in [2.05, 4.69) is 4.98 Å². The molecule has 1 aliphatic heterocycles. The molecule has 1 aliphatic rings. The monoisotopic (exact) mass is 382 g/mol. The number of anilines is 1. The van der Waals surface area contributed by atoms with Gasteiger partial charge in [0.1, 0.15) is 5.75 Å². The Morgan fingerprint density at radius 1 is 1.22 bits per heavy atom. The zero-order chi connectivity index (χ0) is 19.6. The summed E-state index contributed by atoms with van der Waals surface area (Å²) in [7, 11) is 2.84. The number of carbonyl (C=O) groups excluding carboxylic acids is 1. The fourth-order valence-corrected chi connectivity index (χ4v) is 3.50. The van der Waals surface area contributed by atoms with E-state index in [1.807, 2.05) is 11.0 Å². The summed E-state index contributed by atoms with van der Waals surface area (Å²) in [5.74, 6) is -0.238. The third-order valence-electron chi connectivity index (χ3n) is 4.87.